The Morgan fingerprint density at radius 1 is 1.62 bits per heavy atom. The van der Waals surface area contributed by atoms with E-state index in [1.165, 1.54) is 12.8 Å². The van der Waals surface area contributed by atoms with E-state index in [-0.39, 0.29) is 0 Å². The molecule has 0 amide bonds. The van der Waals surface area contributed by atoms with Gasteiger partial charge in [0.25, 0.3) is 0 Å². The average Bonchev–Trinajstić information content (AvgIpc) is 2.50. The van der Waals surface area contributed by atoms with Gasteiger partial charge in [0.15, 0.2) is 0 Å². The van der Waals surface area contributed by atoms with Crippen molar-refractivity contribution in [3.63, 3.8) is 0 Å². The molecule has 0 heterocycles. The molecule has 0 spiro atoms. The Morgan fingerprint density at radius 3 is 2.77 bits per heavy atom. The molecular formula is C10H19N3. The van der Waals surface area contributed by atoms with Gasteiger partial charge in [-0.3, -0.25) is 4.90 Å². The first-order valence-corrected chi connectivity index (χ1v) is 5.01. The summed E-state index contributed by atoms with van der Waals surface area (Å²) >= 11 is 0. The molecular weight excluding hydrogens is 162 g/mol. The molecule has 0 aromatic heterocycles. The van der Waals surface area contributed by atoms with Crippen molar-refractivity contribution in [3.05, 3.63) is 0 Å². The van der Waals surface area contributed by atoms with Gasteiger partial charge in [0, 0.05) is 18.1 Å². The quantitative estimate of drug-likeness (QED) is 0.709. The summed E-state index contributed by atoms with van der Waals surface area (Å²) in [7, 11) is 2.08. The van der Waals surface area contributed by atoms with Gasteiger partial charge in [0.1, 0.15) is 0 Å². The van der Waals surface area contributed by atoms with Crippen LogP contribution in [0.4, 0.5) is 0 Å². The van der Waals surface area contributed by atoms with Gasteiger partial charge in [-0.25, -0.2) is 0 Å². The van der Waals surface area contributed by atoms with Crippen molar-refractivity contribution < 1.29 is 0 Å². The molecule has 0 aliphatic heterocycles. The third kappa shape index (κ3) is 2.43. The normalized spacial score (nSPS) is 30.4. The van der Waals surface area contributed by atoms with Gasteiger partial charge in [-0.2, -0.15) is 5.26 Å². The molecule has 0 aromatic rings. The van der Waals surface area contributed by atoms with Crippen LogP contribution in [0.3, 0.4) is 0 Å². The van der Waals surface area contributed by atoms with Gasteiger partial charge in [0.05, 0.1) is 12.5 Å². The molecule has 74 valence electrons. The Balaban J connectivity index is 2.46. The zero-order valence-corrected chi connectivity index (χ0v) is 8.53. The van der Waals surface area contributed by atoms with Crippen LogP contribution in [0.5, 0.6) is 0 Å². The van der Waals surface area contributed by atoms with E-state index < -0.39 is 0 Å². The van der Waals surface area contributed by atoms with E-state index >= 15 is 0 Å². The maximum absolute atomic E-state index is 8.59. The van der Waals surface area contributed by atoms with Crippen molar-refractivity contribution in [2.45, 2.75) is 50.7 Å². The van der Waals surface area contributed by atoms with Crippen LogP contribution in [0, 0.1) is 11.3 Å². The highest BCUT2D eigenvalue weighted by molar-refractivity contribution is 4.90. The van der Waals surface area contributed by atoms with Crippen LogP contribution in [0.25, 0.3) is 0 Å². The maximum atomic E-state index is 8.59. The molecule has 0 bridgehead atoms. The Morgan fingerprint density at radius 2 is 2.31 bits per heavy atom. The van der Waals surface area contributed by atoms with Crippen molar-refractivity contribution >= 4 is 0 Å². The summed E-state index contributed by atoms with van der Waals surface area (Å²) in [6.45, 7) is 2.09. The second-order valence-electron chi connectivity index (χ2n) is 4.04. The molecule has 3 atom stereocenters. The summed E-state index contributed by atoms with van der Waals surface area (Å²) in [4.78, 5) is 2.26. The first-order valence-electron chi connectivity index (χ1n) is 5.01. The summed E-state index contributed by atoms with van der Waals surface area (Å²) in [6.07, 6.45) is 4.15. The Bertz CT molecular complexity index is 197. The van der Waals surface area contributed by atoms with Crippen LogP contribution < -0.4 is 5.73 Å². The fourth-order valence-corrected chi connectivity index (χ4v) is 2.08. The second-order valence-corrected chi connectivity index (χ2v) is 4.04. The number of nitrogens with zero attached hydrogens (tertiary/aromatic N) is 2. The van der Waals surface area contributed by atoms with Crippen molar-refractivity contribution in [2.75, 3.05) is 7.05 Å². The monoisotopic (exact) mass is 181 g/mol. The van der Waals surface area contributed by atoms with E-state index in [0.29, 0.717) is 24.5 Å². The Labute approximate surface area is 80.5 Å². The molecule has 3 heteroatoms. The van der Waals surface area contributed by atoms with Gasteiger partial charge >= 0.3 is 0 Å². The lowest BCUT2D eigenvalue weighted by Gasteiger charge is -2.31. The summed E-state index contributed by atoms with van der Waals surface area (Å²) in [5, 5.41) is 8.59. The molecule has 1 aliphatic rings. The smallest absolute Gasteiger partial charge is 0.0638 e. The topological polar surface area (TPSA) is 53.0 Å². The van der Waals surface area contributed by atoms with Crippen molar-refractivity contribution in [3.8, 4) is 6.07 Å². The van der Waals surface area contributed by atoms with Crippen LogP contribution in [-0.2, 0) is 0 Å². The number of nitrogens with two attached hydrogens (primary N) is 1. The predicted octanol–water partition coefficient (Wildman–Crippen LogP) is 1.10. The number of hydrogen-bond acceptors (Lipinski definition) is 3. The van der Waals surface area contributed by atoms with E-state index in [1.54, 1.807) is 0 Å². The Hall–Kier alpha value is -0.590. The van der Waals surface area contributed by atoms with Crippen molar-refractivity contribution in [1.29, 1.82) is 5.26 Å². The minimum absolute atomic E-state index is 0.311. The average molecular weight is 181 g/mol. The van der Waals surface area contributed by atoms with E-state index in [9.17, 15) is 0 Å². The second kappa shape index (κ2) is 4.59. The van der Waals surface area contributed by atoms with E-state index in [4.69, 9.17) is 11.0 Å². The SMILES string of the molecule is CC(CC#N)N(C)C1CCCC1N. The molecule has 13 heavy (non-hydrogen) atoms. The van der Waals surface area contributed by atoms with Gasteiger partial charge in [-0.15, -0.1) is 0 Å². The van der Waals surface area contributed by atoms with Crippen molar-refractivity contribution in [1.82, 2.24) is 4.90 Å². The van der Waals surface area contributed by atoms with Gasteiger partial charge in [-0.05, 0) is 26.8 Å². The lowest BCUT2D eigenvalue weighted by Crippen LogP contribution is -2.46. The molecule has 1 saturated carbocycles. The van der Waals surface area contributed by atoms with Crippen LogP contribution in [0.1, 0.15) is 32.6 Å². The zero-order valence-electron chi connectivity index (χ0n) is 8.53. The molecule has 1 fully saturated rings. The van der Waals surface area contributed by atoms with Crippen LogP contribution in [0.2, 0.25) is 0 Å². The third-order valence-corrected chi connectivity index (χ3v) is 3.14. The first kappa shape index (κ1) is 10.5. The molecule has 0 saturated heterocycles. The van der Waals surface area contributed by atoms with Gasteiger partial charge < -0.3 is 5.73 Å². The van der Waals surface area contributed by atoms with Crippen LogP contribution in [-0.4, -0.2) is 30.1 Å². The summed E-state index contributed by atoms with van der Waals surface area (Å²) in [5.41, 5.74) is 5.99. The zero-order chi connectivity index (χ0) is 9.84. The van der Waals surface area contributed by atoms with E-state index in [1.807, 2.05) is 0 Å². The number of nitriles is 1. The van der Waals surface area contributed by atoms with E-state index in [0.717, 1.165) is 6.42 Å². The predicted molar refractivity (Wildman–Crippen MR) is 53.1 cm³/mol. The largest absolute Gasteiger partial charge is 0.326 e. The highest BCUT2D eigenvalue weighted by atomic mass is 15.2. The van der Waals surface area contributed by atoms with Crippen molar-refractivity contribution in [2.24, 2.45) is 5.73 Å². The lowest BCUT2D eigenvalue weighted by molar-refractivity contribution is 0.175. The molecule has 3 unspecified atom stereocenters. The minimum atomic E-state index is 0.311. The summed E-state index contributed by atoms with van der Waals surface area (Å²) < 4.78 is 0. The molecule has 3 nitrogen and oxygen atoms in total. The third-order valence-electron chi connectivity index (χ3n) is 3.14. The van der Waals surface area contributed by atoms with Gasteiger partial charge in [0.2, 0.25) is 0 Å². The highest BCUT2D eigenvalue weighted by Crippen LogP contribution is 2.23. The Kier molecular flexibility index (Phi) is 3.71. The summed E-state index contributed by atoms with van der Waals surface area (Å²) in [6, 6.07) is 3.34. The fraction of sp³-hybridized carbons (Fsp3) is 0.900. The number of hydrogen-bond donors (Lipinski definition) is 1. The molecule has 1 rings (SSSR count). The number of rotatable bonds is 3. The first-order chi connectivity index (χ1) is 6.16. The molecule has 2 N–H and O–H groups in total. The van der Waals surface area contributed by atoms with E-state index in [2.05, 4.69) is 24.9 Å². The standard InChI is InChI=1S/C10H19N3/c1-8(6-7-11)13(2)10-5-3-4-9(10)12/h8-10H,3-6,12H2,1-2H3. The minimum Gasteiger partial charge on any atom is -0.326 e. The molecule has 0 aromatic carbocycles. The van der Waals surface area contributed by atoms with Crippen LogP contribution in [0.15, 0.2) is 0 Å². The summed E-state index contributed by atoms with van der Waals surface area (Å²) in [5.74, 6) is 0. The number of likely N-dealkylation sites (N-methyl/N-ethyl adjacent to an activating group) is 1. The maximum Gasteiger partial charge on any atom is 0.0638 e. The fourth-order valence-electron chi connectivity index (χ4n) is 2.08. The molecule has 1 aliphatic carbocycles. The van der Waals surface area contributed by atoms with Gasteiger partial charge in [-0.1, -0.05) is 6.42 Å². The molecule has 0 radical (unpaired) electrons. The lowest BCUT2D eigenvalue weighted by atomic mass is 10.1. The van der Waals surface area contributed by atoms with Crippen LogP contribution >= 0.6 is 0 Å². The highest BCUT2D eigenvalue weighted by Gasteiger charge is 2.29.